The van der Waals surface area contributed by atoms with Gasteiger partial charge in [-0.25, -0.2) is 9.97 Å². The molecule has 0 aromatic carbocycles. The number of piperidine rings is 1. The molecular weight excluding hydrogens is 308 g/mol. The van der Waals surface area contributed by atoms with Crippen LogP contribution in [0.3, 0.4) is 0 Å². The molecule has 0 amide bonds. The molecule has 0 bridgehead atoms. The van der Waals surface area contributed by atoms with E-state index in [0.717, 1.165) is 44.1 Å². The van der Waals surface area contributed by atoms with Crippen LogP contribution < -0.4 is 10.1 Å². The van der Waals surface area contributed by atoms with Crippen LogP contribution >= 0.6 is 0 Å². The second-order valence-corrected chi connectivity index (χ2v) is 5.90. The molecule has 7 nitrogen and oxygen atoms in total. The molecule has 0 saturated carbocycles. The highest BCUT2D eigenvalue weighted by Crippen LogP contribution is 2.19. The average Bonchev–Trinajstić information content (AvgIpc) is 3.05. The van der Waals surface area contributed by atoms with Gasteiger partial charge in [0.1, 0.15) is 30.3 Å². The van der Waals surface area contributed by atoms with E-state index in [1.165, 1.54) is 6.33 Å². The number of aliphatic hydroxyl groups excluding tert-OH is 1. The van der Waals surface area contributed by atoms with Crippen molar-refractivity contribution < 1.29 is 14.3 Å². The molecule has 0 atom stereocenters. The molecule has 7 heteroatoms. The number of aliphatic hydroxyl groups is 1. The van der Waals surface area contributed by atoms with Crippen LogP contribution in [0, 0.1) is 0 Å². The molecule has 1 saturated heterocycles. The maximum absolute atomic E-state index is 9.05. The number of ether oxygens (including phenoxy) is 1. The molecule has 24 heavy (non-hydrogen) atoms. The van der Waals surface area contributed by atoms with Gasteiger partial charge in [-0.1, -0.05) is 0 Å². The summed E-state index contributed by atoms with van der Waals surface area (Å²) >= 11 is 0. The summed E-state index contributed by atoms with van der Waals surface area (Å²) in [5.41, 5.74) is 0. The second-order valence-electron chi connectivity index (χ2n) is 5.90. The van der Waals surface area contributed by atoms with Gasteiger partial charge in [-0.3, -0.25) is 4.90 Å². The third kappa shape index (κ3) is 4.46. The number of likely N-dealkylation sites (tertiary alicyclic amines) is 1. The van der Waals surface area contributed by atoms with E-state index in [1.54, 1.807) is 0 Å². The highest BCUT2D eigenvalue weighted by Gasteiger charge is 2.20. The molecule has 2 aromatic rings. The van der Waals surface area contributed by atoms with Crippen LogP contribution in [0.5, 0.6) is 5.88 Å². The molecule has 0 aliphatic carbocycles. The first-order valence-electron chi connectivity index (χ1n) is 8.39. The third-order valence-corrected chi connectivity index (χ3v) is 4.13. The number of aromatic nitrogens is 2. The fourth-order valence-corrected chi connectivity index (χ4v) is 2.90. The van der Waals surface area contributed by atoms with Gasteiger partial charge in [0.05, 0.1) is 13.2 Å². The highest BCUT2D eigenvalue weighted by molar-refractivity contribution is 5.38. The summed E-state index contributed by atoms with van der Waals surface area (Å²) in [5, 5.41) is 12.5. The van der Waals surface area contributed by atoms with E-state index in [4.69, 9.17) is 14.3 Å². The van der Waals surface area contributed by atoms with Crippen LogP contribution in [-0.2, 0) is 13.2 Å². The minimum absolute atomic E-state index is 0.0470. The van der Waals surface area contributed by atoms with E-state index in [-0.39, 0.29) is 6.61 Å². The molecule has 2 aromatic heterocycles. The normalized spacial score (nSPS) is 16.2. The lowest BCUT2D eigenvalue weighted by Crippen LogP contribution is -2.38. The zero-order valence-electron chi connectivity index (χ0n) is 13.9. The minimum Gasteiger partial charge on any atom is -0.478 e. The summed E-state index contributed by atoms with van der Waals surface area (Å²) in [6.07, 6.45) is 3.61. The average molecular weight is 332 g/mol. The highest BCUT2D eigenvalue weighted by atomic mass is 16.5. The molecule has 3 rings (SSSR count). The Kier molecular flexibility index (Phi) is 5.66. The van der Waals surface area contributed by atoms with Crippen molar-refractivity contribution in [3.8, 4) is 5.88 Å². The number of nitrogens with zero attached hydrogens (tertiary/aromatic N) is 3. The summed E-state index contributed by atoms with van der Waals surface area (Å²) < 4.78 is 11.0. The quantitative estimate of drug-likeness (QED) is 0.802. The predicted octanol–water partition coefficient (Wildman–Crippen LogP) is 2.04. The standard InChI is InChI=1S/C17H24N4O3/c1-2-23-17-9-16(18-12-19-17)20-13-5-7-21(8-6-13)10-14-3-4-15(11-22)24-14/h3-4,9,12-13,22H,2,5-8,10-11H2,1H3,(H,18,19,20). The number of hydrogen-bond donors (Lipinski definition) is 2. The smallest absolute Gasteiger partial charge is 0.218 e. The summed E-state index contributed by atoms with van der Waals surface area (Å²) in [6, 6.07) is 6.01. The van der Waals surface area contributed by atoms with Crippen molar-refractivity contribution in [2.24, 2.45) is 0 Å². The van der Waals surface area contributed by atoms with Crippen LogP contribution in [0.2, 0.25) is 0 Å². The summed E-state index contributed by atoms with van der Waals surface area (Å²) in [4.78, 5) is 10.7. The van der Waals surface area contributed by atoms with Gasteiger partial charge < -0.3 is 19.6 Å². The molecule has 1 aliphatic rings. The van der Waals surface area contributed by atoms with Gasteiger partial charge in [0.25, 0.3) is 0 Å². The minimum atomic E-state index is -0.0470. The number of nitrogens with one attached hydrogen (secondary N) is 1. The lowest BCUT2D eigenvalue weighted by molar-refractivity contribution is 0.188. The summed E-state index contributed by atoms with van der Waals surface area (Å²) in [7, 11) is 0. The third-order valence-electron chi connectivity index (χ3n) is 4.13. The van der Waals surface area contributed by atoms with Crippen molar-refractivity contribution in [1.82, 2.24) is 14.9 Å². The fourth-order valence-electron chi connectivity index (χ4n) is 2.90. The first kappa shape index (κ1) is 16.7. The van der Waals surface area contributed by atoms with Crippen LogP contribution in [0.4, 0.5) is 5.82 Å². The van der Waals surface area contributed by atoms with E-state index in [0.29, 0.717) is 24.3 Å². The molecule has 1 fully saturated rings. The van der Waals surface area contributed by atoms with E-state index < -0.39 is 0 Å². The molecule has 0 spiro atoms. The Morgan fingerprint density at radius 2 is 2.08 bits per heavy atom. The number of furan rings is 1. The van der Waals surface area contributed by atoms with Gasteiger partial charge in [0.2, 0.25) is 5.88 Å². The largest absolute Gasteiger partial charge is 0.478 e. The van der Waals surface area contributed by atoms with E-state index in [1.807, 2.05) is 25.1 Å². The van der Waals surface area contributed by atoms with Gasteiger partial charge >= 0.3 is 0 Å². The Bertz CT molecular complexity index is 638. The van der Waals surface area contributed by atoms with Crippen molar-refractivity contribution in [1.29, 1.82) is 0 Å². The van der Waals surface area contributed by atoms with Gasteiger partial charge in [0.15, 0.2) is 0 Å². The Labute approximate surface area is 141 Å². The second kappa shape index (κ2) is 8.12. The molecular formula is C17H24N4O3. The lowest BCUT2D eigenvalue weighted by Gasteiger charge is -2.32. The summed E-state index contributed by atoms with van der Waals surface area (Å²) in [6.45, 7) is 5.27. The van der Waals surface area contributed by atoms with Crippen LogP contribution in [0.25, 0.3) is 0 Å². The van der Waals surface area contributed by atoms with Crippen LogP contribution in [0.15, 0.2) is 28.9 Å². The predicted molar refractivity (Wildman–Crippen MR) is 89.8 cm³/mol. The van der Waals surface area contributed by atoms with Crippen molar-refractivity contribution in [2.45, 2.75) is 39.0 Å². The van der Waals surface area contributed by atoms with Crippen LogP contribution in [-0.4, -0.2) is 45.7 Å². The maximum atomic E-state index is 9.05. The Morgan fingerprint density at radius 3 is 2.79 bits per heavy atom. The lowest BCUT2D eigenvalue weighted by atomic mass is 10.0. The topological polar surface area (TPSA) is 83.7 Å². The molecule has 3 heterocycles. The molecule has 130 valence electrons. The van der Waals surface area contributed by atoms with Gasteiger partial charge in [-0.05, 0) is 31.9 Å². The number of rotatable bonds is 7. The summed E-state index contributed by atoms with van der Waals surface area (Å²) in [5.74, 6) is 2.94. The Balaban J connectivity index is 1.47. The monoisotopic (exact) mass is 332 g/mol. The zero-order chi connectivity index (χ0) is 16.8. The van der Waals surface area contributed by atoms with E-state index in [2.05, 4.69) is 20.2 Å². The van der Waals surface area contributed by atoms with Gasteiger partial charge in [-0.2, -0.15) is 0 Å². The van der Waals surface area contributed by atoms with Crippen molar-refractivity contribution in [3.05, 3.63) is 36.0 Å². The van der Waals surface area contributed by atoms with Crippen molar-refractivity contribution in [3.63, 3.8) is 0 Å². The van der Waals surface area contributed by atoms with Gasteiger partial charge in [-0.15, -0.1) is 0 Å². The van der Waals surface area contributed by atoms with Crippen molar-refractivity contribution in [2.75, 3.05) is 25.0 Å². The van der Waals surface area contributed by atoms with E-state index >= 15 is 0 Å². The van der Waals surface area contributed by atoms with Crippen LogP contribution in [0.1, 0.15) is 31.3 Å². The first-order valence-corrected chi connectivity index (χ1v) is 8.39. The molecule has 0 unspecified atom stereocenters. The zero-order valence-corrected chi connectivity index (χ0v) is 13.9. The maximum Gasteiger partial charge on any atom is 0.218 e. The first-order chi connectivity index (χ1) is 11.8. The SMILES string of the molecule is CCOc1cc(NC2CCN(Cc3ccc(CO)o3)CC2)ncn1. The Hall–Kier alpha value is -2.12. The fraction of sp³-hybridized carbons (Fsp3) is 0.529. The molecule has 0 radical (unpaired) electrons. The van der Waals surface area contributed by atoms with Gasteiger partial charge in [0, 0.05) is 25.2 Å². The Morgan fingerprint density at radius 1 is 1.29 bits per heavy atom. The number of hydrogen-bond acceptors (Lipinski definition) is 7. The molecule has 2 N–H and O–H groups in total. The van der Waals surface area contributed by atoms with Crippen molar-refractivity contribution >= 4 is 5.82 Å². The number of anilines is 1. The van der Waals surface area contributed by atoms with E-state index in [9.17, 15) is 0 Å². The molecule has 1 aliphatic heterocycles.